The molecule has 0 saturated carbocycles. The molecule has 2 heterocycles. The highest BCUT2D eigenvalue weighted by atomic mass is 19.1. The molecule has 0 aliphatic carbocycles. The molecule has 0 atom stereocenters. The molecule has 1 N–H and O–H groups in total. The van der Waals surface area contributed by atoms with E-state index >= 15 is 8.78 Å². The number of halogens is 2. The summed E-state index contributed by atoms with van der Waals surface area (Å²) in [5.41, 5.74) is 0.327. The first-order chi connectivity index (χ1) is 15.9. The fraction of sp³-hybridized carbons (Fsp3) is 0.227. The summed E-state index contributed by atoms with van der Waals surface area (Å²) in [5, 5.41) is 13.9. The fourth-order valence-corrected chi connectivity index (χ4v) is 3.57. The molecule has 33 heavy (non-hydrogen) atoms. The first-order valence-corrected chi connectivity index (χ1v) is 9.88. The van der Waals surface area contributed by atoms with E-state index in [4.69, 9.17) is 9.47 Å². The number of hydrogen-bond donors (Lipinski definition) is 1. The van der Waals surface area contributed by atoms with Crippen LogP contribution >= 0.6 is 0 Å². The summed E-state index contributed by atoms with van der Waals surface area (Å²) < 4.78 is 43.2. The third-order valence-corrected chi connectivity index (χ3v) is 5.17. The Kier molecular flexibility index (Phi) is 5.97. The van der Waals surface area contributed by atoms with Crippen molar-refractivity contribution in [2.45, 2.75) is 0 Å². The second-order valence-electron chi connectivity index (χ2n) is 7.13. The number of ether oxygens (including phenoxy) is 2. The Labute approximate surface area is 187 Å². The molecule has 172 valence electrons. The van der Waals surface area contributed by atoms with Crippen LogP contribution < -0.4 is 19.9 Å². The van der Waals surface area contributed by atoms with Gasteiger partial charge in [0.05, 0.1) is 43.6 Å². The molecule has 4 aromatic rings. The zero-order valence-electron chi connectivity index (χ0n) is 18.1. The van der Waals surface area contributed by atoms with Gasteiger partial charge in [-0.15, -0.1) is 0 Å². The zero-order valence-corrected chi connectivity index (χ0v) is 18.1. The smallest absolute Gasteiger partial charge is 0.265 e. The lowest BCUT2D eigenvalue weighted by Gasteiger charge is -2.26. The highest BCUT2D eigenvalue weighted by Crippen LogP contribution is 2.40. The Hall–Kier alpha value is -3.99. The van der Waals surface area contributed by atoms with Gasteiger partial charge in [-0.05, 0) is 18.2 Å². The summed E-state index contributed by atoms with van der Waals surface area (Å²) in [5.74, 6) is -2.40. The van der Waals surface area contributed by atoms with Gasteiger partial charge in [-0.25, -0.2) is 13.8 Å². The molecule has 0 saturated heterocycles. The van der Waals surface area contributed by atoms with Gasteiger partial charge in [0.25, 0.3) is 5.56 Å². The lowest BCUT2D eigenvalue weighted by Crippen LogP contribution is -2.25. The van der Waals surface area contributed by atoms with Crippen molar-refractivity contribution in [3.05, 3.63) is 65.0 Å². The van der Waals surface area contributed by atoms with Crippen LogP contribution in [0.4, 0.5) is 20.2 Å². The Bertz CT molecular complexity index is 1360. The number of aromatic nitrogens is 4. The van der Waals surface area contributed by atoms with Gasteiger partial charge < -0.3 is 19.5 Å². The van der Waals surface area contributed by atoms with Crippen LogP contribution in [0.3, 0.4) is 0 Å². The van der Waals surface area contributed by atoms with Crippen molar-refractivity contribution in [3.63, 3.8) is 0 Å². The molecular formula is C22H21F2N5O4. The fourth-order valence-electron chi connectivity index (χ4n) is 3.57. The summed E-state index contributed by atoms with van der Waals surface area (Å²) >= 11 is 0. The van der Waals surface area contributed by atoms with Gasteiger partial charge in [0.1, 0.15) is 12.0 Å². The summed E-state index contributed by atoms with van der Waals surface area (Å²) in [4.78, 5) is 18.7. The van der Waals surface area contributed by atoms with Crippen LogP contribution in [-0.2, 0) is 7.05 Å². The average Bonchev–Trinajstić information content (AvgIpc) is 3.25. The summed E-state index contributed by atoms with van der Waals surface area (Å²) in [6, 6.07) is 5.70. The lowest BCUT2D eigenvalue weighted by molar-refractivity contribution is 0.304. The highest BCUT2D eigenvalue weighted by Gasteiger charge is 2.26. The van der Waals surface area contributed by atoms with Gasteiger partial charge in [0, 0.05) is 31.5 Å². The van der Waals surface area contributed by atoms with Crippen molar-refractivity contribution in [2.75, 3.05) is 32.3 Å². The molecular weight excluding hydrogens is 436 g/mol. The van der Waals surface area contributed by atoms with Crippen molar-refractivity contribution in [2.24, 2.45) is 7.05 Å². The molecule has 0 aliphatic heterocycles. The summed E-state index contributed by atoms with van der Waals surface area (Å²) in [6.45, 7) is -0.573. The largest absolute Gasteiger partial charge is 0.493 e. The van der Waals surface area contributed by atoms with Crippen molar-refractivity contribution in [1.29, 1.82) is 0 Å². The second kappa shape index (κ2) is 8.87. The number of anilines is 2. The minimum Gasteiger partial charge on any atom is -0.493 e. The first-order valence-electron chi connectivity index (χ1n) is 9.88. The molecule has 0 spiro atoms. The van der Waals surface area contributed by atoms with Crippen LogP contribution in [0.25, 0.3) is 16.6 Å². The SMILES string of the molecule is COc1cc(OC)c(F)c(N(CCO)c2ccc3ncn(-c4cnn(C)c4)c(=O)c3c2)c1F. The van der Waals surface area contributed by atoms with Crippen molar-refractivity contribution in [3.8, 4) is 17.2 Å². The minimum atomic E-state index is -0.969. The Morgan fingerprint density at radius 2 is 1.82 bits per heavy atom. The summed E-state index contributed by atoms with van der Waals surface area (Å²) in [7, 11) is 4.22. The number of nitrogens with zero attached hydrogens (tertiary/aromatic N) is 5. The predicted octanol–water partition coefficient (Wildman–Crippen LogP) is 2.55. The van der Waals surface area contributed by atoms with E-state index in [1.165, 1.54) is 42.3 Å². The number of aliphatic hydroxyl groups is 1. The molecule has 0 unspecified atom stereocenters. The number of aryl methyl sites for hydroxylation is 1. The van der Waals surface area contributed by atoms with Crippen LogP contribution in [0.2, 0.25) is 0 Å². The van der Waals surface area contributed by atoms with Crippen LogP contribution in [0.5, 0.6) is 11.5 Å². The third kappa shape index (κ3) is 3.87. The maximum absolute atomic E-state index is 15.2. The van der Waals surface area contributed by atoms with Gasteiger partial charge in [0.15, 0.2) is 23.1 Å². The zero-order chi connectivity index (χ0) is 23.7. The molecule has 0 radical (unpaired) electrons. The monoisotopic (exact) mass is 457 g/mol. The van der Waals surface area contributed by atoms with Crippen molar-refractivity contribution in [1.82, 2.24) is 19.3 Å². The van der Waals surface area contributed by atoms with E-state index in [2.05, 4.69) is 10.1 Å². The molecule has 11 heteroatoms. The maximum atomic E-state index is 15.2. The molecule has 0 amide bonds. The standard InChI is InChI=1S/C22H21F2N5O4/c1-27-11-14(10-26-27)29-12-25-16-5-4-13(8-15(16)22(29)31)28(6-7-30)21-19(23)17(32-2)9-18(33-3)20(21)24/h4-5,8-12,30H,6-7H2,1-3H3. The van der Waals surface area contributed by atoms with Crippen LogP contribution in [0.15, 0.2) is 47.8 Å². The number of aliphatic hydroxyl groups excluding tert-OH is 1. The van der Waals surface area contributed by atoms with Crippen LogP contribution in [-0.4, -0.2) is 51.8 Å². The molecule has 2 aromatic carbocycles. The third-order valence-electron chi connectivity index (χ3n) is 5.17. The summed E-state index contributed by atoms with van der Waals surface area (Å²) in [6.07, 6.45) is 4.56. The molecule has 0 fully saturated rings. The predicted molar refractivity (Wildman–Crippen MR) is 118 cm³/mol. The second-order valence-corrected chi connectivity index (χ2v) is 7.13. The number of benzene rings is 2. The maximum Gasteiger partial charge on any atom is 0.265 e. The lowest BCUT2D eigenvalue weighted by atomic mass is 10.1. The van der Waals surface area contributed by atoms with Gasteiger partial charge in [-0.2, -0.15) is 5.10 Å². The van der Waals surface area contributed by atoms with E-state index in [-0.39, 0.29) is 34.7 Å². The molecule has 0 bridgehead atoms. The van der Waals surface area contributed by atoms with Gasteiger partial charge in [-0.3, -0.25) is 14.0 Å². The molecule has 9 nitrogen and oxygen atoms in total. The first kappa shape index (κ1) is 22.2. The number of hydrogen-bond acceptors (Lipinski definition) is 7. The Morgan fingerprint density at radius 3 is 2.39 bits per heavy atom. The van der Waals surface area contributed by atoms with Crippen LogP contribution in [0, 0.1) is 11.6 Å². The van der Waals surface area contributed by atoms with E-state index in [1.54, 1.807) is 30.1 Å². The minimum absolute atomic E-state index is 0.160. The van der Waals surface area contributed by atoms with E-state index in [0.717, 1.165) is 6.07 Å². The number of rotatable bonds is 7. The topological polar surface area (TPSA) is 94.6 Å². The van der Waals surface area contributed by atoms with Gasteiger partial charge in [0.2, 0.25) is 0 Å². The van der Waals surface area contributed by atoms with Crippen molar-refractivity contribution >= 4 is 22.3 Å². The van der Waals surface area contributed by atoms with E-state index in [1.807, 2.05) is 0 Å². The number of methoxy groups -OCH3 is 2. The quantitative estimate of drug-likeness (QED) is 0.456. The van der Waals surface area contributed by atoms with Crippen molar-refractivity contribution < 1.29 is 23.4 Å². The Balaban J connectivity index is 1.92. The van der Waals surface area contributed by atoms with E-state index in [9.17, 15) is 9.90 Å². The molecule has 0 aliphatic rings. The molecule has 2 aromatic heterocycles. The molecule has 4 rings (SSSR count). The van der Waals surface area contributed by atoms with Gasteiger partial charge >= 0.3 is 0 Å². The van der Waals surface area contributed by atoms with E-state index in [0.29, 0.717) is 11.2 Å². The van der Waals surface area contributed by atoms with Crippen LogP contribution in [0.1, 0.15) is 0 Å². The Morgan fingerprint density at radius 1 is 1.12 bits per heavy atom. The normalized spacial score (nSPS) is 11.1. The number of fused-ring (bicyclic) bond motifs is 1. The van der Waals surface area contributed by atoms with E-state index < -0.39 is 23.9 Å². The average molecular weight is 457 g/mol. The highest BCUT2D eigenvalue weighted by molar-refractivity contribution is 5.84. The van der Waals surface area contributed by atoms with Gasteiger partial charge in [-0.1, -0.05) is 0 Å².